The van der Waals surface area contributed by atoms with Crippen LogP contribution in [0, 0.1) is 0 Å². The van der Waals surface area contributed by atoms with Crippen LogP contribution < -0.4 is 20.3 Å². The number of thioether (sulfide) groups is 1. The summed E-state index contributed by atoms with van der Waals surface area (Å²) in [4.78, 5) is 25.4. The minimum absolute atomic E-state index is 0.182. The molecule has 0 saturated carbocycles. The Morgan fingerprint density at radius 3 is 2.42 bits per heavy atom. The summed E-state index contributed by atoms with van der Waals surface area (Å²) >= 11 is 1.06. The molecule has 0 spiro atoms. The summed E-state index contributed by atoms with van der Waals surface area (Å²) in [5, 5.41) is 24.6. The Balaban J connectivity index is 1.16. The van der Waals surface area contributed by atoms with Crippen LogP contribution in [-0.2, 0) is 11.2 Å². The number of nitrogens with one attached hydrogen (secondary N) is 2. The molecule has 0 aromatic heterocycles. The van der Waals surface area contributed by atoms with Crippen LogP contribution in [0.5, 0.6) is 11.5 Å². The predicted molar refractivity (Wildman–Crippen MR) is 128 cm³/mol. The molecular formula is C24H29N3O5S. The van der Waals surface area contributed by atoms with Crippen molar-refractivity contribution in [3.63, 3.8) is 0 Å². The van der Waals surface area contributed by atoms with Crippen molar-refractivity contribution in [2.45, 2.75) is 36.7 Å². The van der Waals surface area contributed by atoms with Gasteiger partial charge in [-0.15, -0.1) is 0 Å². The number of ether oxygens (including phenoxy) is 1. The van der Waals surface area contributed by atoms with Gasteiger partial charge < -0.3 is 25.2 Å². The van der Waals surface area contributed by atoms with E-state index in [2.05, 4.69) is 27.7 Å². The number of rotatable bonds is 9. The molecule has 0 radical (unpaired) electrons. The van der Waals surface area contributed by atoms with E-state index in [-0.39, 0.29) is 28.8 Å². The first-order chi connectivity index (χ1) is 16.0. The third-order valence-electron chi connectivity index (χ3n) is 5.91. The second kappa shape index (κ2) is 10.9. The lowest BCUT2D eigenvalue weighted by molar-refractivity contribution is -0.118. The number of piperidine rings is 1. The molecule has 0 aliphatic carbocycles. The van der Waals surface area contributed by atoms with E-state index in [0.717, 1.165) is 48.9 Å². The first kappa shape index (κ1) is 23.4. The Labute approximate surface area is 197 Å². The monoisotopic (exact) mass is 471 g/mol. The standard InChI is InChI=1S/C24H29N3O5S/c28-19-5-7-21(8-6-19)32-15-20(29)14-25-17-9-11-27(12-10-17)18-3-1-16(2-4-18)13-22-23(30)26-24(31)33-22/h1-8,17,20,22,25,28-29H,9-15H2,(H,26,30,31)/t20-,22?/m1/s1. The molecule has 4 rings (SSSR count). The van der Waals surface area contributed by atoms with E-state index in [0.29, 0.717) is 24.8 Å². The van der Waals surface area contributed by atoms with Crippen molar-refractivity contribution in [3.05, 3.63) is 54.1 Å². The van der Waals surface area contributed by atoms with E-state index >= 15 is 0 Å². The lowest BCUT2D eigenvalue weighted by Crippen LogP contribution is -2.45. The minimum atomic E-state index is -0.611. The van der Waals surface area contributed by atoms with Crippen LogP contribution in [0.3, 0.4) is 0 Å². The highest BCUT2D eigenvalue weighted by Crippen LogP contribution is 2.25. The number of benzene rings is 2. The highest BCUT2D eigenvalue weighted by Gasteiger charge is 2.31. The summed E-state index contributed by atoms with van der Waals surface area (Å²) < 4.78 is 5.55. The van der Waals surface area contributed by atoms with Gasteiger partial charge in [-0.25, -0.2) is 0 Å². The topological polar surface area (TPSA) is 111 Å². The number of phenols is 1. The van der Waals surface area contributed by atoms with E-state index in [9.17, 15) is 19.8 Å². The van der Waals surface area contributed by atoms with Crippen molar-refractivity contribution in [1.29, 1.82) is 0 Å². The maximum Gasteiger partial charge on any atom is 0.286 e. The first-order valence-corrected chi connectivity index (χ1v) is 12.0. The van der Waals surface area contributed by atoms with Crippen LogP contribution in [0.1, 0.15) is 18.4 Å². The number of nitrogens with zero attached hydrogens (tertiary/aromatic N) is 1. The Morgan fingerprint density at radius 1 is 1.09 bits per heavy atom. The number of phenolic OH excluding ortho intramolecular Hbond substituents is 1. The summed E-state index contributed by atoms with van der Waals surface area (Å²) in [6.07, 6.45) is 1.90. The second-order valence-electron chi connectivity index (χ2n) is 8.38. The molecule has 2 saturated heterocycles. The fourth-order valence-corrected chi connectivity index (χ4v) is 4.88. The van der Waals surface area contributed by atoms with Crippen molar-refractivity contribution in [2.24, 2.45) is 0 Å². The maximum atomic E-state index is 11.7. The molecule has 9 heteroatoms. The van der Waals surface area contributed by atoms with E-state index < -0.39 is 6.10 Å². The number of aliphatic hydroxyl groups is 1. The van der Waals surface area contributed by atoms with Crippen LogP contribution in [0.15, 0.2) is 48.5 Å². The van der Waals surface area contributed by atoms with Gasteiger partial charge in [-0.1, -0.05) is 23.9 Å². The number of aliphatic hydroxyl groups excluding tert-OH is 1. The third-order valence-corrected chi connectivity index (χ3v) is 6.89. The summed E-state index contributed by atoms with van der Waals surface area (Å²) in [6.45, 7) is 2.50. The average molecular weight is 472 g/mol. The lowest BCUT2D eigenvalue weighted by atomic mass is 10.0. The number of aromatic hydroxyl groups is 1. The van der Waals surface area contributed by atoms with Crippen LogP contribution >= 0.6 is 11.8 Å². The fourth-order valence-electron chi connectivity index (χ4n) is 4.02. The molecule has 1 unspecified atom stereocenters. The number of amides is 2. The van der Waals surface area contributed by atoms with Crippen molar-refractivity contribution >= 4 is 28.6 Å². The summed E-state index contributed by atoms with van der Waals surface area (Å²) in [6, 6.07) is 15.0. The average Bonchev–Trinajstić information content (AvgIpc) is 3.14. The van der Waals surface area contributed by atoms with Gasteiger partial charge in [0.2, 0.25) is 5.91 Å². The quantitative estimate of drug-likeness (QED) is 0.441. The zero-order valence-corrected chi connectivity index (χ0v) is 19.1. The van der Waals surface area contributed by atoms with Crippen molar-refractivity contribution in [1.82, 2.24) is 10.6 Å². The first-order valence-electron chi connectivity index (χ1n) is 11.1. The van der Waals surface area contributed by atoms with Gasteiger partial charge in [-0.2, -0.15) is 0 Å². The lowest BCUT2D eigenvalue weighted by Gasteiger charge is -2.34. The van der Waals surface area contributed by atoms with Gasteiger partial charge in [-0.3, -0.25) is 14.9 Å². The zero-order valence-electron chi connectivity index (χ0n) is 18.3. The van der Waals surface area contributed by atoms with E-state index in [1.54, 1.807) is 24.3 Å². The van der Waals surface area contributed by atoms with Gasteiger partial charge in [0.25, 0.3) is 5.24 Å². The van der Waals surface area contributed by atoms with Crippen molar-refractivity contribution in [2.75, 3.05) is 31.1 Å². The number of carbonyl (C=O) groups is 2. The van der Waals surface area contributed by atoms with Crippen LogP contribution in [-0.4, -0.2) is 65.0 Å². The molecule has 33 heavy (non-hydrogen) atoms. The Hall–Kier alpha value is -2.75. The van der Waals surface area contributed by atoms with Gasteiger partial charge in [0.05, 0.1) is 5.25 Å². The van der Waals surface area contributed by atoms with E-state index in [1.165, 1.54) is 0 Å². The van der Waals surface area contributed by atoms with Crippen molar-refractivity contribution < 1.29 is 24.5 Å². The molecule has 0 bridgehead atoms. The summed E-state index contributed by atoms with van der Waals surface area (Å²) in [5.41, 5.74) is 2.19. The minimum Gasteiger partial charge on any atom is -0.508 e. The highest BCUT2D eigenvalue weighted by atomic mass is 32.2. The SMILES string of the molecule is O=C1NC(=O)C(Cc2ccc(N3CCC(NC[C@@H](O)COc4ccc(O)cc4)CC3)cc2)S1. The number of hydrogen-bond acceptors (Lipinski definition) is 8. The van der Waals surface area contributed by atoms with Gasteiger partial charge in [0, 0.05) is 31.4 Å². The van der Waals surface area contributed by atoms with Crippen LogP contribution in [0.4, 0.5) is 10.5 Å². The smallest absolute Gasteiger partial charge is 0.286 e. The molecule has 2 fully saturated rings. The van der Waals surface area contributed by atoms with Gasteiger partial charge >= 0.3 is 0 Å². The van der Waals surface area contributed by atoms with Crippen LogP contribution in [0.25, 0.3) is 0 Å². The van der Waals surface area contributed by atoms with Gasteiger partial charge in [-0.05, 0) is 61.2 Å². The zero-order chi connectivity index (χ0) is 23.2. The van der Waals surface area contributed by atoms with Crippen molar-refractivity contribution in [3.8, 4) is 11.5 Å². The van der Waals surface area contributed by atoms with E-state index in [4.69, 9.17) is 4.74 Å². The molecular weight excluding hydrogens is 442 g/mol. The number of hydrogen-bond donors (Lipinski definition) is 4. The Kier molecular flexibility index (Phi) is 7.74. The second-order valence-corrected chi connectivity index (χ2v) is 9.56. The predicted octanol–water partition coefficient (Wildman–Crippen LogP) is 2.28. The molecule has 2 aromatic carbocycles. The largest absolute Gasteiger partial charge is 0.508 e. The summed E-state index contributed by atoms with van der Waals surface area (Å²) in [7, 11) is 0. The fraction of sp³-hybridized carbons (Fsp3) is 0.417. The molecule has 2 heterocycles. The normalized spacial score (nSPS) is 20.0. The Bertz CT molecular complexity index is 946. The molecule has 8 nitrogen and oxygen atoms in total. The summed E-state index contributed by atoms with van der Waals surface area (Å²) in [5.74, 6) is 0.590. The van der Waals surface area contributed by atoms with Crippen LogP contribution in [0.2, 0.25) is 0 Å². The van der Waals surface area contributed by atoms with Gasteiger partial charge in [0.1, 0.15) is 24.2 Å². The molecule has 2 aromatic rings. The highest BCUT2D eigenvalue weighted by molar-refractivity contribution is 8.15. The maximum absolute atomic E-state index is 11.7. The molecule has 2 aliphatic rings. The number of anilines is 1. The number of imide groups is 1. The molecule has 176 valence electrons. The van der Waals surface area contributed by atoms with E-state index in [1.807, 2.05) is 12.1 Å². The molecule has 2 atom stereocenters. The molecule has 2 amide bonds. The molecule has 4 N–H and O–H groups in total. The third kappa shape index (κ3) is 6.63. The van der Waals surface area contributed by atoms with Gasteiger partial charge in [0.15, 0.2) is 0 Å². The Morgan fingerprint density at radius 2 is 1.79 bits per heavy atom. The number of carbonyl (C=O) groups excluding carboxylic acids is 2. The molecule has 2 aliphatic heterocycles.